The van der Waals surface area contributed by atoms with Crippen LogP contribution < -0.4 is 10.4 Å². The predicted molar refractivity (Wildman–Crippen MR) is 73.6 cm³/mol. The molecule has 6 heteroatoms. The summed E-state index contributed by atoms with van der Waals surface area (Å²) in [6.07, 6.45) is 0.340. The van der Waals surface area contributed by atoms with E-state index in [1.807, 2.05) is 26.8 Å². The number of hydrogen-bond donors (Lipinski definition) is 2. The first-order valence-electron chi connectivity index (χ1n) is 6.27. The van der Waals surface area contributed by atoms with Crippen molar-refractivity contribution in [2.24, 2.45) is 0 Å². The molecule has 0 radical (unpaired) electrons. The first kappa shape index (κ1) is 13.9. The predicted octanol–water partition coefficient (Wildman–Crippen LogP) is 0.664. The van der Waals surface area contributed by atoms with Crippen molar-refractivity contribution in [3.05, 3.63) is 23.8 Å². The molecule has 0 saturated carbocycles. The molecule has 0 fully saturated rings. The number of amides is 1. The molecule has 1 amide bonds. The molecule has 0 unspecified atom stereocenters. The average molecular weight is 263 g/mol. The Morgan fingerprint density at radius 1 is 1.37 bits per heavy atom. The van der Waals surface area contributed by atoms with E-state index in [0.717, 1.165) is 12.0 Å². The largest absolute Gasteiger partial charge is 0.488 e. The molecule has 0 atom stereocenters. The molecular formula is C13H18BNO4. The van der Waals surface area contributed by atoms with Crippen LogP contribution in [-0.4, -0.2) is 35.4 Å². The fourth-order valence-corrected chi connectivity index (χ4v) is 2.06. The fraction of sp³-hybridized carbons (Fsp3) is 0.462. The Morgan fingerprint density at radius 3 is 2.63 bits per heavy atom. The maximum Gasteiger partial charge on any atom is 0.488 e. The van der Waals surface area contributed by atoms with Gasteiger partial charge >= 0.3 is 13.2 Å². The fourth-order valence-electron chi connectivity index (χ4n) is 2.06. The molecular weight excluding hydrogens is 245 g/mol. The monoisotopic (exact) mass is 263 g/mol. The Balaban J connectivity index is 2.25. The number of rotatable bonds is 1. The highest BCUT2D eigenvalue weighted by Gasteiger charge is 2.29. The molecule has 0 saturated heterocycles. The highest BCUT2D eigenvalue weighted by atomic mass is 16.6. The number of anilines is 1. The summed E-state index contributed by atoms with van der Waals surface area (Å²) < 4.78 is 5.34. The van der Waals surface area contributed by atoms with Crippen LogP contribution >= 0.6 is 0 Å². The van der Waals surface area contributed by atoms with Gasteiger partial charge in [0, 0.05) is 12.2 Å². The van der Waals surface area contributed by atoms with E-state index in [0.29, 0.717) is 17.7 Å². The van der Waals surface area contributed by atoms with Gasteiger partial charge in [-0.2, -0.15) is 0 Å². The first-order valence-corrected chi connectivity index (χ1v) is 6.27. The maximum absolute atomic E-state index is 12.1. The van der Waals surface area contributed by atoms with E-state index in [4.69, 9.17) is 4.74 Å². The smallest absolute Gasteiger partial charge is 0.443 e. The van der Waals surface area contributed by atoms with Crippen molar-refractivity contribution in [1.82, 2.24) is 0 Å². The van der Waals surface area contributed by atoms with Crippen LogP contribution in [0.25, 0.3) is 0 Å². The van der Waals surface area contributed by atoms with Crippen LogP contribution in [-0.2, 0) is 11.2 Å². The van der Waals surface area contributed by atoms with E-state index < -0.39 is 18.8 Å². The number of carbonyl (C=O) groups excluding carboxylic acids is 1. The van der Waals surface area contributed by atoms with E-state index in [1.54, 1.807) is 12.1 Å². The van der Waals surface area contributed by atoms with E-state index in [-0.39, 0.29) is 0 Å². The topological polar surface area (TPSA) is 70.0 Å². The Labute approximate surface area is 112 Å². The molecule has 1 aromatic rings. The van der Waals surface area contributed by atoms with Gasteiger partial charge in [-0.05, 0) is 44.3 Å². The molecule has 102 valence electrons. The lowest BCUT2D eigenvalue weighted by atomic mass is 9.79. The summed E-state index contributed by atoms with van der Waals surface area (Å²) in [6, 6.07) is 5.09. The lowest BCUT2D eigenvalue weighted by Gasteiger charge is -2.25. The van der Waals surface area contributed by atoms with Crippen LogP contribution in [0.4, 0.5) is 10.5 Å². The molecule has 0 aromatic heterocycles. The third kappa shape index (κ3) is 3.08. The number of benzene rings is 1. The molecule has 0 bridgehead atoms. The lowest BCUT2D eigenvalue weighted by Crippen LogP contribution is -2.36. The number of carbonyl (C=O) groups is 1. The summed E-state index contributed by atoms with van der Waals surface area (Å²) in [7, 11) is -1.54. The van der Waals surface area contributed by atoms with Gasteiger partial charge in [-0.25, -0.2) is 4.79 Å². The SMILES string of the molecule is CC(C)(C)OC(=O)N1CCc2ccc(B(O)O)cc21. The van der Waals surface area contributed by atoms with Crippen LogP contribution in [0.2, 0.25) is 0 Å². The highest BCUT2D eigenvalue weighted by Crippen LogP contribution is 2.28. The van der Waals surface area contributed by atoms with Crippen LogP contribution in [0.5, 0.6) is 0 Å². The summed E-state index contributed by atoms with van der Waals surface area (Å²) in [6.45, 7) is 6.00. The molecule has 5 nitrogen and oxygen atoms in total. The molecule has 0 aliphatic carbocycles. The van der Waals surface area contributed by atoms with E-state index in [2.05, 4.69) is 0 Å². The Morgan fingerprint density at radius 2 is 2.05 bits per heavy atom. The van der Waals surface area contributed by atoms with Crippen molar-refractivity contribution in [3.63, 3.8) is 0 Å². The Hall–Kier alpha value is -1.53. The van der Waals surface area contributed by atoms with Gasteiger partial charge in [0.05, 0.1) is 0 Å². The first-order chi connectivity index (χ1) is 8.78. The highest BCUT2D eigenvalue weighted by molar-refractivity contribution is 6.58. The maximum atomic E-state index is 12.1. The zero-order chi connectivity index (χ0) is 14.2. The summed E-state index contributed by atoms with van der Waals surface area (Å²) in [5.74, 6) is 0. The molecule has 2 N–H and O–H groups in total. The van der Waals surface area contributed by atoms with Gasteiger partial charge in [-0.1, -0.05) is 12.1 Å². The lowest BCUT2D eigenvalue weighted by molar-refractivity contribution is 0.0584. The molecule has 0 spiro atoms. The minimum Gasteiger partial charge on any atom is -0.443 e. The van der Waals surface area contributed by atoms with Gasteiger partial charge in [0.1, 0.15) is 5.60 Å². The molecule has 1 aliphatic heterocycles. The van der Waals surface area contributed by atoms with E-state index in [9.17, 15) is 14.8 Å². The summed E-state index contributed by atoms with van der Waals surface area (Å²) >= 11 is 0. The van der Waals surface area contributed by atoms with Gasteiger partial charge in [0.25, 0.3) is 0 Å². The quantitative estimate of drug-likeness (QED) is 0.730. The number of hydrogen-bond acceptors (Lipinski definition) is 4. The second-order valence-corrected chi connectivity index (χ2v) is 5.64. The Kier molecular flexibility index (Phi) is 3.56. The zero-order valence-electron chi connectivity index (χ0n) is 11.4. The van der Waals surface area contributed by atoms with Gasteiger partial charge in [-0.15, -0.1) is 0 Å². The number of fused-ring (bicyclic) bond motifs is 1. The van der Waals surface area contributed by atoms with Crippen molar-refractivity contribution in [1.29, 1.82) is 0 Å². The van der Waals surface area contributed by atoms with Gasteiger partial charge in [0.15, 0.2) is 0 Å². The Bertz CT molecular complexity index is 496. The van der Waals surface area contributed by atoms with Crippen molar-refractivity contribution in [2.45, 2.75) is 32.8 Å². The summed E-state index contributed by atoms with van der Waals surface area (Å²) in [4.78, 5) is 13.6. The number of ether oxygens (including phenoxy) is 1. The van der Waals surface area contributed by atoms with Crippen molar-refractivity contribution in [3.8, 4) is 0 Å². The van der Waals surface area contributed by atoms with Crippen LogP contribution in [0.1, 0.15) is 26.3 Å². The molecule has 1 heterocycles. The van der Waals surface area contributed by atoms with Crippen LogP contribution in [0.3, 0.4) is 0 Å². The van der Waals surface area contributed by atoms with E-state index in [1.165, 1.54) is 4.90 Å². The second-order valence-electron chi connectivity index (χ2n) is 5.64. The third-order valence-corrected chi connectivity index (χ3v) is 2.92. The molecule has 19 heavy (non-hydrogen) atoms. The van der Waals surface area contributed by atoms with Gasteiger partial charge < -0.3 is 14.8 Å². The minimum atomic E-state index is -1.54. The van der Waals surface area contributed by atoms with Crippen LogP contribution in [0, 0.1) is 0 Å². The summed E-state index contributed by atoms with van der Waals surface area (Å²) in [5, 5.41) is 18.4. The van der Waals surface area contributed by atoms with Crippen LogP contribution in [0.15, 0.2) is 18.2 Å². The number of nitrogens with zero attached hydrogens (tertiary/aromatic N) is 1. The van der Waals surface area contributed by atoms with Crippen molar-refractivity contribution in [2.75, 3.05) is 11.4 Å². The molecule has 1 aromatic carbocycles. The van der Waals surface area contributed by atoms with Gasteiger partial charge in [0.2, 0.25) is 0 Å². The van der Waals surface area contributed by atoms with Crippen molar-refractivity contribution >= 4 is 24.4 Å². The summed E-state index contributed by atoms with van der Waals surface area (Å²) in [5.41, 5.74) is 1.53. The molecule has 1 aliphatic rings. The van der Waals surface area contributed by atoms with Gasteiger partial charge in [-0.3, -0.25) is 4.90 Å². The normalized spacial score (nSPS) is 14.3. The average Bonchev–Trinajstić information content (AvgIpc) is 2.68. The molecule has 2 rings (SSSR count). The standard InChI is InChI=1S/C13H18BNO4/c1-13(2,3)19-12(16)15-7-6-9-4-5-10(14(17)18)8-11(9)15/h4-5,8,17-18H,6-7H2,1-3H3. The van der Waals surface area contributed by atoms with Crippen molar-refractivity contribution < 1.29 is 19.6 Å². The minimum absolute atomic E-state index is 0.370. The second kappa shape index (κ2) is 4.87. The van der Waals surface area contributed by atoms with E-state index >= 15 is 0 Å². The third-order valence-electron chi connectivity index (χ3n) is 2.92. The zero-order valence-corrected chi connectivity index (χ0v) is 11.4.